The van der Waals surface area contributed by atoms with Crippen molar-refractivity contribution >= 4 is 42.4 Å². The quantitative estimate of drug-likeness (QED) is 0.204. The smallest absolute Gasteiger partial charge is 0.207 e. The van der Waals surface area contributed by atoms with Gasteiger partial charge < -0.3 is 4.57 Å². The number of hydrogen-bond acceptors (Lipinski definition) is 2. The summed E-state index contributed by atoms with van der Waals surface area (Å²) >= 11 is 0. The van der Waals surface area contributed by atoms with Crippen molar-refractivity contribution in [1.82, 2.24) is 4.57 Å². The van der Waals surface area contributed by atoms with Crippen LogP contribution in [0.3, 0.4) is 0 Å². The van der Waals surface area contributed by atoms with Crippen LogP contribution in [-0.4, -0.2) is 13.0 Å². The molecule has 2 heterocycles. The number of benzene rings is 7. The first-order valence-corrected chi connectivity index (χ1v) is 16.6. The Morgan fingerprint density at radius 2 is 1.11 bits per heavy atom. The second kappa shape index (κ2) is 9.52. The molecule has 0 unspecified atom stereocenters. The Bertz CT molecular complexity index is 2510. The number of fused-ring (bicyclic) bond motifs is 7. The van der Waals surface area contributed by atoms with E-state index in [1.807, 2.05) is 72.8 Å². The summed E-state index contributed by atoms with van der Waals surface area (Å²) in [4.78, 5) is 0.700. The summed E-state index contributed by atoms with van der Waals surface area (Å²) in [6.07, 6.45) is 0. The lowest BCUT2D eigenvalue weighted by Crippen LogP contribution is -2.37. The molecule has 8 aromatic rings. The third kappa shape index (κ3) is 3.49. The van der Waals surface area contributed by atoms with Gasteiger partial charge in [0.05, 0.1) is 26.2 Å². The van der Waals surface area contributed by atoms with Crippen molar-refractivity contribution in [2.75, 3.05) is 0 Å². The minimum Gasteiger partial charge on any atom is -0.309 e. The van der Waals surface area contributed by atoms with E-state index in [1.165, 1.54) is 5.39 Å². The molecule has 0 bridgehead atoms. The molecule has 0 N–H and O–H groups in total. The molecule has 7 aromatic carbocycles. The lowest BCUT2D eigenvalue weighted by Gasteiger charge is -2.42. The van der Waals surface area contributed by atoms with Crippen molar-refractivity contribution in [3.8, 4) is 5.69 Å². The maximum atomic E-state index is 14.6. The third-order valence-electron chi connectivity index (χ3n) is 9.45. The van der Waals surface area contributed by atoms with Crippen LogP contribution in [0.25, 0.3) is 38.3 Å². The van der Waals surface area contributed by atoms with Crippen LogP contribution in [0.1, 0.15) is 22.3 Å². The molecule has 4 heteroatoms. The van der Waals surface area contributed by atoms with Crippen molar-refractivity contribution < 1.29 is 8.42 Å². The van der Waals surface area contributed by atoms with Crippen LogP contribution in [0.15, 0.2) is 174 Å². The number of rotatable bonds is 3. The van der Waals surface area contributed by atoms with Gasteiger partial charge in [-0.2, -0.15) is 0 Å². The molecule has 9 rings (SSSR count). The molecule has 1 aromatic heterocycles. The summed E-state index contributed by atoms with van der Waals surface area (Å²) in [6, 6.07) is 55.4. The van der Waals surface area contributed by atoms with Gasteiger partial charge >= 0.3 is 0 Å². The molecule has 45 heavy (non-hydrogen) atoms. The fourth-order valence-corrected chi connectivity index (χ4v) is 9.41. The zero-order valence-electron chi connectivity index (χ0n) is 24.3. The topological polar surface area (TPSA) is 39.1 Å². The average Bonchev–Trinajstić information content (AvgIpc) is 3.44. The molecular weight excluding hydrogens is 571 g/mol. The van der Waals surface area contributed by atoms with Gasteiger partial charge in [0.15, 0.2) is 0 Å². The average molecular weight is 598 g/mol. The third-order valence-corrected chi connectivity index (χ3v) is 11.3. The highest BCUT2D eigenvalue weighted by Gasteiger charge is 2.50. The van der Waals surface area contributed by atoms with Crippen molar-refractivity contribution in [2.45, 2.75) is 15.2 Å². The number of para-hydroxylation sites is 1. The molecule has 1 aliphatic heterocycles. The lowest BCUT2D eigenvalue weighted by atomic mass is 9.64. The molecule has 0 radical (unpaired) electrons. The Balaban J connectivity index is 1.53. The van der Waals surface area contributed by atoms with Gasteiger partial charge in [-0.3, -0.25) is 0 Å². The normalized spacial score (nSPS) is 14.8. The van der Waals surface area contributed by atoms with Crippen LogP contribution in [0.5, 0.6) is 0 Å². The Labute approximate surface area is 261 Å². The van der Waals surface area contributed by atoms with Gasteiger partial charge in [-0.15, -0.1) is 0 Å². The molecular formula is C41H27NO2S. The fraction of sp³-hybridized carbons (Fsp3) is 0.0244. The second-order valence-corrected chi connectivity index (χ2v) is 13.6. The molecule has 0 amide bonds. The summed E-state index contributed by atoms with van der Waals surface area (Å²) in [7, 11) is -3.84. The first kappa shape index (κ1) is 26.0. The van der Waals surface area contributed by atoms with E-state index in [0.717, 1.165) is 55.1 Å². The van der Waals surface area contributed by atoms with Gasteiger partial charge in [-0.1, -0.05) is 127 Å². The Morgan fingerprint density at radius 1 is 0.489 bits per heavy atom. The number of aromatic nitrogens is 1. The van der Waals surface area contributed by atoms with E-state index in [2.05, 4.69) is 89.5 Å². The van der Waals surface area contributed by atoms with Crippen molar-refractivity contribution in [1.29, 1.82) is 0 Å². The van der Waals surface area contributed by atoms with Crippen LogP contribution < -0.4 is 0 Å². The van der Waals surface area contributed by atoms with Crippen molar-refractivity contribution in [3.05, 3.63) is 186 Å². The van der Waals surface area contributed by atoms with E-state index < -0.39 is 15.3 Å². The van der Waals surface area contributed by atoms with Crippen LogP contribution in [0, 0.1) is 0 Å². The number of sulfone groups is 1. The zero-order chi connectivity index (χ0) is 30.2. The Hall–Kier alpha value is -5.45. The van der Waals surface area contributed by atoms with E-state index >= 15 is 0 Å². The SMILES string of the molecule is O=S1(=O)c2ccccc2C(c2ccccc2)(c2ccccc2)c2c1ccc1c2c2ccccc2n1-c1ccc2ccccc2c1. The fourth-order valence-electron chi connectivity index (χ4n) is 7.64. The largest absolute Gasteiger partial charge is 0.309 e. The van der Waals surface area contributed by atoms with Crippen LogP contribution in [0.2, 0.25) is 0 Å². The predicted molar refractivity (Wildman–Crippen MR) is 182 cm³/mol. The molecule has 0 saturated heterocycles. The van der Waals surface area contributed by atoms with E-state index in [9.17, 15) is 8.42 Å². The van der Waals surface area contributed by atoms with Crippen molar-refractivity contribution in [3.63, 3.8) is 0 Å². The van der Waals surface area contributed by atoms with Crippen molar-refractivity contribution in [2.24, 2.45) is 0 Å². The minimum atomic E-state index is -3.84. The van der Waals surface area contributed by atoms with E-state index in [1.54, 1.807) is 6.07 Å². The molecule has 0 spiro atoms. The van der Waals surface area contributed by atoms with Gasteiger partial charge in [-0.25, -0.2) is 8.42 Å². The van der Waals surface area contributed by atoms with Crippen LogP contribution >= 0.6 is 0 Å². The minimum absolute atomic E-state index is 0.350. The second-order valence-electron chi connectivity index (χ2n) is 11.7. The summed E-state index contributed by atoms with van der Waals surface area (Å²) in [5, 5.41) is 4.29. The van der Waals surface area contributed by atoms with Gasteiger partial charge in [0.2, 0.25) is 9.84 Å². The van der Waals surface area contributed by atoms with Crippen LogP contribution in [-0.2, 0) is 15.3 Å². The Morgan fingerprint density at radius 3 is 1.87 bits per heavy atom. The number of nitrogens with zero attached hydrogens (tertiary/aromatic N) is 1. The molecule has 0 atom stereocenters. The summed E-state index contributed by atoms with van der Waals surface area (Å²) in [5.41, 5.74) is 5.75. The van der Waals surface area contributed by atoms with Gasteiger partial charge in [-0.05, 0) is 63.9 Å². The molecule has 0 fully saturated rings. The highest BCUT2D eigenvalue weighted by atomic mass is 32.2. The van der Waals surface area contributed by atoms with E-state index in [4.69, 9.17) is 0 Å². The summed E-state index contributed by atoms with van der Waals surface area (Å²) < 4.78 is 31.6. The maximum absolute atomic E-state index is 14.6. The molecule has 0 aliphatic carbocycles. The number of hydrogen-bond donors (Lipinski definition) is 0. The van der Waals surface area contributed by atoms with E-state index in [0.29, 0.717) is 9.79 Å². The summed E-state index contributed by atoms with van der Waals surface area (Å²) in [5.74, 6) is 0. The highest BCUT2D eigenvalue weighted by Crippen LogP contribution is 2.56. The predicted octanol–water partition coefficient (Wildman–Crippen LogP) is 9.47. The van der Waals surface area contributed by atoms with Gasteiger partial charge in [0.1, 0.15) is 0 Å². The molecule has 3 nitrogen and oxygen atoms in total. The standard InChI is InChI=1S/C41H27NO2S/c43-45(44)37-22-12-10-20-34(37)41(30-15-3-1-4-16-30,31-17-5-2-6-18-31)40-38(45)26-25-36-39(40)33-19-9-11-21-35(33)42(36)32-24-23-28-13-7-8-14-29(28)27-32/h1-27H. The van der Waals surface area contributed by atoms with Gasteiger partial charge in [0.25, 0.3) is 0 Å². The molecule has 214 valence electrons. The molecule has 1 aliphatic rings. The lowest BCUT2D eigenvalue weighted by molar-refractivity contribution is 0.580. The Kier molecular flexibility index (Phi) is 5.50. The molecule has 0 saturated carbocycles. The highest BCUT2D eigenvalue weighted by molar-refractivity contribution is 7.91. The first-order valence-electron chi connectivity index (χ1n) is 15.1. The zero-order valence-corrected chi connectivity index (χ0v) is 25.1. The first-order chi connectivity index (χ1) is 22.1. The summed E-state index contributed by atoms with van der Waals surface area (Å²) in [6.45, 7) is 0. The van der Waals surface area contributed by atoms with E-state index in [-0.39, 0.29) is 0 Å². The monoisotopic (exact) mass is 597 g/mol. The maximum Gasteiger partial charge on any atom is 0.207 e. The van der Waals surface area contributed by atoms with Crippen LogP contribution in [0.4, 0.5) is 0 Å². The van der Waals surface area contributed by atoms with Gasteiger partial charge in [0, 0.05) is 22.0 Å².